The van der Waals surface area contributed by atoms with E-state index in [9.17, 15) is 19.8 Å². The van der Waals surface area contributed by atoms with Crippen LogP contribution in [0.25, 0.3) is 0 Å². The van der Waals surface area contributed by atoms with Crippen molar-refractivity contribution in [3.05, 3.63) is 23.8 Å². The average molecular weight is 412 g/mol. The molecular weight excluding hydrogens is 386 g/mol. The standard InChI is InChI=1S/C21H26F2O4S/c1-10-6-12-13-8-15(22)14-7-11(24)4-5-18(14,2)20(13,23)16(25)9-19(12,3)21(10,27)17(26)28/h4-5,7,10,12-13,15-16,25,27H,6,8-9H2,1-3H3,(H,26,28)/t10-,12-,13-,15+,16+,18+,19+,20+,21+/m1/s1. The third kappa shape index (κ3) is 2.03. The molecular formula is C21H26F2O4S. The Morgan fingerprint density at radius 3 is 2.54 bits per heavy atom. The lowest BCUT2D eigenvalue weighted by Gasteiger charge is -2.62. The zero-order valence-corrected chi connectivity index (χ0v) is 17.0. The van der Waals surface area contributed by atoms with E-state index < -0.39 is 63.0 Å². The molecule has 3 fully saturated rings. The van der Waals surface area contributed by atoms with Crippen molar-refractivity contribution in [2.75, 3.05) is 0 Å². The second kappa shape index (κ2) is 5.76. The van der Waals surface area contributed by atoms with Crippen LogP contribution >= 0.6 is 12.6 Å². The van der Waals surface area contributed by atoms with Crippen LogP contribution < -0.4 is 0 Å². The molecule has 0 saturated heterocycles. The second-order valence-electron chi connectivity index (χ2n) is 9.57. The van der Waals surface area contributed by atoms with Gasteiger partial charge in [-0.05, 0) is 55.7 Å². The molecule has 7 heteroatoms. The normalized spacial score (nSPS) is 55.2. The lowest BCUT2D eigenvalue weighted by atomic mass is 9.44. The third-order valence-electron chi connectivity index (χ3n) is 8.54. The number of ketones is 1. The molecule has 3 saturated carbocycles. The topological polar surface area (TPSA) is 74.6 Å². The Labute approximate surface area is 168 Å². The Kier molecular flexibility index (Phi) is 4.16. The molecule has 28 heavy (non-hydrogen) atoms. The van der Waals surface area contributed by atoms with Crippen LogP contribution in [0.5, 0.6) is 0 Å². The molecule has 2 N–H and O–H groups in total. The summed E-state index contributed by atoms with van der Waals surface area (Å²) in [5.74, 6) is -2.29. The summed E-state index contributed by atoms with van der Waals surface area (Å²) in [6, 6.07) is 0. The number of aliphatic hydroxyl groups is 2. The van der Waals surface area contributed by atoms with Crippen molar-refractivity contribution >= 4 is 23.5 Å². The first-order valence-electron chi connectivity index (χ1n) is 9.76. The van der Waals surface area contributed by atoms with Gasteiger partial charge in [-0.2, -0.15) is 0 Å². The van der Waals surface area contributed by atoms with Crippen molar-refractivity contribution in [3.63, 3.8) is 0 Å². The molecule has 4 aliphatic rings. The smallest absolute Gasteiger partial charge is 0.218 e. The number of aliphatic hydroxyl groups excluding tert-OH is 1. The molecule has 4 aliphatic carbocycles. The lowest BCUT2D eigenvalue weighted by molar-refractivity contribution is -0.221. The van der Waals surface area contributed by atoms with Gasteiger partial charge in [-0.25, -0.2) is 8.78 Å². The monoisotopic (exact) mass is 412 g/mol. The van der Waals surface area contributed by atoms with Gasteiger partial charge in [-0.3, -0.25) is 9.59 Å². The van der Waals surface area contributed by atoms with Gasteiger partial charge in [0, 0.05) is 16.7 Å². The van der Waals surface area contributed by atoms with Crippen LogP contribution in [0.3, 0.4) is 0 Å². The summed E-state index contributed by atoms with van der Waals surface area (Å²) in [4.78, 5) is 24.1. The molecule has 9 atom stereocenters. The molecule has 4 rings (SSSR count). The highest BCUT2D eigenvalue weighted by molar-refractivity contribution is 7.96. The summed E-state index contributed by atoms with van der Waals surface area (Å²) in [7, 11) is 0. The summed E-state index contributed by atoms with van der Waals surface area (Å²) >= 11 is 3.90. The molecule has 0 aromatic rings. The van der Waals surface area contributed by atoms with Crippen LogP contribution in [-0.4, -0.2) is 44.7 Å². The summed E-state index contributed by atoms with van der Waals surface area (Å²) in [6.45, 7) is 4.92. The zero-order valence-electron chi connectivity index (χ0n) is 16.2. The quantitative estimate of drug-likeness (QED) is 0.579. The maximum atomic E-state index is 16.8. The highest BCUT2D eigenvalue weighted by Crippen LogP contribution is 2.71. The molecule has 0 aromatic carbocycles. The van der Waals surface area contributed by atoms with E-state index in [0.29, 0.717) is 6.42 Å². The number of alkyl halides is 2. The molecule has 0 amide bonds. The van der Waals surface area contributed by atoms with Crippen LogP contribution in [0.1, 0.15) is 40.0 Å². The van der Waals surface area contributed by atoms with Crippen molar-refractivity contribution in [2.24, 2.45) is 28.6 Å². The van der Waals surface area contributed by atoms with E-state index in [0.717, 1.165) is 6.08 Å². The molecule has 0 aliphatic heterocycles. The van der Waals surface area contributed by atoms with E-state index in [1.54, 1.807) is 13.8 Å². The fourth-order valence-corrected chi connectivity index (χ4v) is 7.47. The van der Waals surface area contributed by atoms with E-state index in [4.69, 9.17) is 0 Å². The number of rotatable bonds is 1. The fourth-order valence-electron chi connectivity index (χ4n) is 7.00. The van der Waals surface area contributed by atoms with Gasteiger partial charge in [0.2, 0.25) is 5.12 Å². The Morgan fingerprint density at radius 1 is 1.29 bits per heavy atom. The van der Waals surface area contributed by atoms with Crippen molar-refractivity contribution in [1.82, 2.24) is 0 Å². The molecule has 0 bridgehead atoms. The number of halogens is 2. The molecule has 4 nitrogen and oxygen atoms in total. The molecule has 0 heterocycles. The van der Waals surface area contributed by atoms with Gasteiger partial charge in [0.1, 0.15) is 11.8 Å². The van der Waals surface area contributed by atoms with Crippen molar-refractivity contribution in [3.8, 4) is 0 Å². The molecule has 154 valence electrons. The Morgan fingerprint density at radius 2 is 1.93 bits per heavy atom. The van der Waals surface area contributed by atoms with Gasteiger partial charge in [0.15, 0.2) is 11.5 Å². The molecule has 0 radical (unpaired) electrons. The highest BCUT2D eigenvalue weighted by atomic mass is 32.1. The summed E-state index contributed by atoms with van der Waals surface area (Å²) in [5.41, 5.74) is -6.53. The van der Waals surface area contributed by atoms with E-state index in [-0.39, 0.29) is 18.4 Å². The average Bonchev–Trinajstić information content (AvgIpc) is 2.81. The van der Waals surface area contributed by atoms with Crippen LogP contribution in [-0.2, 0) is 9.59 Å². The Hall–Kier alpha value is -1.05. The predicted octanol–water partition coefficient (Wildman–Crippen LogP) is 2.74. The van der Waals surface area contributed by atoms with Crippen LogP contribution in [0.2, 0.25) is 0 Å². The van der Waals surface area contributed by atoms with Gasteiger partial charge in [-0.1, -0.05) is 19.9 Å². The lowest BCUT2D eigenvalue weighted by Crippen LogP contribution is -2.70. The molecule has 0 aromatic heterocycles. The van der Waals surface area contributed by atoms with Gasteiger partial charge >= 0.3 is 0 Å². The van der Waals surface area contributed by atoms with Crippen LogP contribution in [0.4, 0.5) is 8.78 Å². The van der Waals surface area contributed by atoms with Crippen LogP contribution in [0, 0.1) is 28.6 Å². The number of carbonyl (C=O) groups excluding carboxylic acids is 2. The van der Waals surface area contributed by atoms with Gasteiger partial charge < -0.3 is 10.2 Å². The predicted molar refractivity (Wildman–Crippen MR) is 102 cm³/mol. The maximum absolute atomic E-state index is 16.8. The SMILES string of the molecule is C[C@@H]1C[C@@H]2[C@H]3C[C@H](F)C4=CC(=O)C=C[C@]4(C)[C@@]3(F)[C@@H](O)C[C@]2(C)[C@@]1(O)C(=O)S. The fraction of sp³-hybridized carbons (Fsp3) is 0.714. The summed E-state index contributed by atoms with van der Waals surface area (Å²) in [5, 5.41) is 21.6. The van der Waals surface area contributed by atoms with Crippen LogP contribution in [0.15, 0.2) is 23.8 Å². The number of hydrogen-bond acceptors (Lipinski definition) is 4. The summed E-state index contributed by atoms with van der Waals surface area (Å²) in [6.07, 6.45) is 0.703. The minimum atomic E-state index is -2.20. The largest absolute Gasteiger partial charge is 0.390 e. The number of carbonyl (C=O) groups is 2. The van der Waals surface area contributed by atoms with Crippen molar-refractivity contribution in [1.29, 1.82) is 0 Å². The maximum Gasteiger partial charge on any atom is 0.218 e. The highest BCUT2D eigenvalue weighted by Gasteiger charge is 2.76. The van der Waals surface area contributed by atoms with E-state index in [1.165, 1.54) is 19.1 Å². The first kappa shape index (κ1) is 20.2. The first-order chi connectivity index (χ1) is 12.8. The number of allylic oxidation sites excluding steroid dienone is 4. The third-order valence-corrected chi connectivity index (χ3v) is 8.88. The number of thiol groups is 1. The minimum absolute atomic E-state index is 0.0629. The molecule has 0 unspecified atom stereocenters. The minimum Gasteiger partial charge on any atom is -0.390 e. The summed E-state index contributed by atoms with van der Waals surface area (Å²) < 4.78 is 32.0. The number of hydrogen-bond donors (Lipinski definition) is 3. The van der Waals surface area contributed by atoms with E-state index in [1.807, 2.05) is 0 Å². The van der Waals surface area contributed by atoms with Gasteiger partial charge in [0.25, 0.3) is 0 Å². The number of fused-ring (bicyclic) bond motifs is 5. The Balaban J connectivity index is 1.88. The molecule has 0 spiro atoms. The first-order valence-corrected chi connectivity index (χ1v) is 10.2. The van der Waals surface area contributed by atoms with Gasteiger partial charge in [0.05, 0.1) is 6.10 Å². The van der Waals surface area contributed by atoms with E-state index in [2.05, 4.69) is 12.6 Å². The van der Waals surface area contributed by atoms with Crippen molar-refractivity contribution < 1.29 is 28.6 Å². The van der Waals surface area contributed by atoms with Gasteiger partial charge in [-0.15, -0.1) is 12.6 Å². The van der Waals surface area contributed by atoms with E-state index >= 15 is 8.78 Å². The second-order valence-corrected chi connectivity index (χ2v) is 9.97. The zero-order chi connectivity index (χ0) is 20.9. The van der Waals surface area contributed by atoms with Crippen molar-refractivity contribution in [2.45, 2.75) is 63.6 Å². The Bertz CT molecular complexity index is 827.